The summed E-state index contributed by atoms with van der Waals surface area (Å²) in [6.07, 6.45) is 3.25. The number of halogens is 1. The second kappa shape index (κ2) is 13.3. The number of rotatable bonds is 7. The number of imide groups is 2. The Balaban J connectivity index is 1.18. The van der Waals surface area contributed by atoms with Crippen LogP contribution in [-0.2, 0) is 32.6 Å². The number of nitrogens with zero attached hydrogens (tertiary/aromatic N) is 4. The lowest BCUT2D eigenvalue weighted by atomic mass is 9.51. The third kappa shape index (κ3) is 5.25. The Kier molecular flexibility index (Phi) is 8.67. The van der Waals surface area contributed by atoms with Crippen molar-refractivity contribution in [2.75, 3.05) is 24.0 Å². The van der Waals surface area contributed by atoms with Gasteiger partial charge < -0.3 is 14.6 Å². The van der Waals surface area contributed by atoms with Gasteiger partial charge in [0.15, 0.2) is 0 Å². The maximum absolute atomic E-state index is 15.3. The Morgan fingerprint density at radius 1 is 0.930 bits per heavy atom. The molecule has 4 heterocycles. The normalized spacial score (nSPS) is 25.5. The standard InChI is InChI=1S/C44H41ClN4O7S/c1-7-22-8-11-24(12-9-22)48-40(51)27-14-13-26-29(36(27)42(48)53)19-30-41(52)49(43(54)44(30,3)38(26)37-32(55-5)17-25(50)18-33(37)56-6)35-20-31(46-47(35)4)39-21(2)28-16-23(45)10-15-34(28)57-39/h8-13,15-18,20,27,29-30,36,38,50H,7,14,19H2,1-6H3. The molecule has 3 fully saturated rings. The van der Waals surface area contributed by atoms with Crippen LogP contribution >= 0.6 is 22.9 Å². The summed E-state index contributed by atoms with van der Waals surface area (Å²) in [5, 5.41) is 17.2. The van der Waals surface area contributed by atoms with Crippen molar-refractivity contribution < 1.29 is 33.8 Å². The third-order valence-corrected chi connectivity index (χ3v) is 14.4. The molecule has 3 aromatic carbocycles. The Morgan fingerprint density at radius 3 is 2.30 bits per heavy atom. The molecule has 0 bridgehead atoms. The predicted octanol–water partition coefficient (Wildman–Crippen LogP) is 7.98. The van der Waals surface area contributed by atoms with Crippen molar-refractivity contribution in [1.82, 2.24) is 9.78 Å². The lowest BCUT2D eigenvalue weighted by Crippen LogP contribution is -2.49. The summed E-state index contributed by atoms with van der Waals surface area (Å²) < 4.78 is 14.3. The Bertz CT molecular complexity index is 2570. The fourth-order valence-corrected chi connectivity index (χ4v) is 11.4. The Labute approximate surface area is 338 Å². The van der Waals surface area contributed by atoms with E-state index in [2.05, 4.69) is 0 Å². The molecular formula is C44H41ClN4O7S. The topological polar surface area (TPSA) is 131 Å². The van der Waals surface area contributed by atoms with Crippen LogP contribution in [0.2, 0.25) is 5.02 Å². The second-order valence-corrected chi connectivity index (χ2v) is 17.2. The largest absolute Gasteiger partial charge is 0.508 e. The van der Waals surface area contributed by atoms with Gasteiger partial charge in [-0.2, -0.15) is 5.10 Å². The van der Waals surface area contributed by atoms with Gasteiger partial charge in [-0.1, -0.05) is 42.3 Å². The van der Waals surface area contributed by atoms with Crippen LogP contribution < -0.4 is 19.3 Å². The quantitative estimate of drug-likeness (QED) is 0.130. The number of fused-ring (bicyclic) bond motifs is 5. The number of ether oxygens (including phenoxy) is 2. The van der Waals surface area contributed by atoms with Crippen molar-refractivity contribution >= 4 is 68.2 Å². The van der Waals surface area contributed by atoms with E-state index in [0.29, 0.717) is 27.8 Å². The highest BCUT2D eigenvalue weighted by atomic mass is 35.5. The van der Waals surface area contributed by atoms with Crippen LogP contribution in [0.4, 0.5) is 11.5 Å². The van der Waals surface area contributed by atoms with Crippen molar-refractivity contribution in [1.29, 1.82) is 0 Å². The van der Waals surface area contributed by atoms with Crippen LogP contribution in [0.3, 0.4) is 0 Å². The van der Waals surface area contributed by atoms with Crippen molar-refractivity contribution in [3.63, 3.8) is 0 Å². The van der Waals surface area contributed by atoms with Gasteiger partial charge in [0, 0.05) is 46.5 Å². The molecule has 2 aliphatic heterocycles. The average molecular weight is 805 g/mol. The molecular weight excluding hydrogens is 764 g/mol. The molecule has 11 nitrogen and oxygen atoms in total. The molecule has 2 saturated heterocycles. The molecule has 6 atom stereocenters. The second-order valence-electron chi connectivity index (χ2n) is 15.7. The summed E-state index contributed by atoms with van der Waals surface area (Å²) in [6, 6.07) is 17.9. The predicted molar refractivity (Wildman–Crippen MR) is 218 cm³/mol. The van der Waals surface area contributed by atoms with Gasteiger partial charge in [0.2, 0.25) is 23.6 Å². The summed E-state index contributed by atoms with van der Waals surface area (Å²) in [5.41, 5.74) is 3.07. The minimum atomic E-state index is -1.39. The van der Waals surface area contributed by atoms with Gasteiger partial charge in [0.25, 0.3) is 0 Å². The molecule has 57 heavy (non-hydrogen) atoms. The molecule has 292 valence electrons. The van der Waals surface area contributed by atoms with Gasteiger partial charge in [-0.25, -0.2) is 4.90 Å². The SMILES string of the molecule is CCc1ccc(N2C(=O)C3CC=C4C(CC5C(=O)N(c6cc(-c7sc8ccc(Cl)cc8c7C)nn6C)C(=O)C5(C)C4c4c(OC)cc(O)cc4OC)C3C2=O)cc1. The fraction of sp³-hybridized carbons (Fsp3) is 0.341. The van der Waals surface area contributed by atoms with E-state index in [1.807, 2.05) is 62.4 Å². The first-order valence-electron chi connectivity index (χ1n) is 19.0. The zero-order valence-electron chi connectivity index (χ0n) is 32.3. The number of anilines is 2. The molecule has 2 aliphatic carbocycles. The average Bonchev–Trinajstić information content (AvgIpc) is 3.87. The summed E-state index contributed by atoms with van der Waals surface area (Å²) in [6.45, 7) is 5.85. The minimum absolute atomic E-state index is 0.0998. The number of hydrogen-bond donors (Lipinski definition) is 1. The molecule has 0 radical (unpaired) electrons. The number of carbonyl (C=O) groups excluding carboxylic acids is 4. The van der Waals surface area contributed by atoms with Crippen LogP contribution in [-0.4, -0.2) is 52.7 Å². The summed E-state index contributed by atoms with van der Waals surface area (Å²) in [7, 11) is 4.65. The molecule has 5 aromatic rings. The van der Waals surface area contributed by atoms with Gasteiger partial charge in [0.05, 0.1) is 48.0 Å². The molecule has 1 N–H and O–H groups in total. The summed E-state index contributed by atoms with van der Waals surface area (Å²) >= 11 is 7.90. The van der Waals surface area contributed by atoms with E-state index in [0.717, 1.165) is 38.1 Å². The lowest BCUT2D eigenvalue weighted by molar-refractivity contribution is -0.131. The Morgan fingerprint density at radius 2 is 1.63 bits per heavy atom. The van der Waals surface area contributed by atoms with Crippen LogP contribution in [0.25, 0.3) is 20.7 Å². The molecule has 1 saturated carbocycles. The number of phenols is 1. The zero-order chi connectivity index (χ0) is 40.2. The number of amides is 4. The number of thiophene rings is 1. The molecule has 6 unspecified atom stereocenters. The van der Waals surface area contributed by atoms with Crippen LogP contribution in [0.1, 0.15) is 49.3 Å². The number of allylic oxidation sites excluding steroid dienone is 2. The van der Waals surface area contributed by atoms with Crippen molar-refractivity contribution in [2.24, 2.45) is 36.1 Å². The first-order chi connectivity index (χ1) is 27.3. The van der Waals surface area contributed by atoms with Crippen molar-refractivity contribution in [3.05, 3.63) is 94.0 Å². The van der Waals surface area contributed by atoms with Gasteiger partial charge in [0.1, 0.15) is 28.8 Å². The van der Waals surface area contributed by atoms with Crippen molar-refractivity contribution in [2.45, 2.75) is 46.0 Å². The Hall–Kier alpha value is -5.46. The van der Waals surface area contributed by atoms with Crippen molar-refractivity contribution in [3.8, 4) is 27.8 Å². The number of hydrogen-bond acceptors (Lipinski definition) is 9. The molecule has 4 aliphatic rings. The monoisotopic (exact) mass is 804 g/mol. The number of aryl methyl sites for hydroxylation is 3. The number of aromatic hydroxyl groups is 1. The first kappa shape index (κ1) is 37.1. The van der Waals surface area contributed by atoms with E-state index in [1.54, 1.807) is 36.1 Å². The van der Waals surface area contributed by atoms with Gasteiger partial charge >= 0.3 is 0 Å². The van der Waals surface area contributed by atoms with E-state index >= 15 is 9.59 Å². The highest BCUT2D eigenvalue weighted by molar-refractivity contribution is 7.22. The number of phenolic OH excluding ortho intramolecular Hbond substituents is 1. The molecule has 4 amide bonds. The summed E-state index contributed by atoms with van der Waals surface area (Å²) in [5.74, 6) is -4.33. The van der Waals surface area contributed by atoms with Crippen LogP contribution in [0, 0.1) is 36.0 Å². The van der Waals surface area contributed by atoms with E-state index in [9.17, 15) is 14.7 Å². The number of methoxy groups -OCH3 is 2. The number of benzene rings is 3. The van der Waals surface area contributed by atoms with Crippen LogP contribution in [0.5, 0.6) is 17.2 Å². The fourth-order valence-electron chi connectivity index (χ4n) is 10.1. The number of carbonyl (C=O) groups is 4. The summed E-state index contributed by atoms with van der Waals surface area (Å²) in [4.78, 5) is 62.6. The van der Waals surface area contributed by atoms with E-state index in [4.69, 9.17) is 26.2 Å². The van der Waals surface area contributed by atoms with E-state index in [1.165, 1.54) is 36.2 Å². The maximum atomic E-state index is 15.3. The number of aromatic nitrogens is 2. The maximum Gasteiger partial charge on any atom is 0.242 e. The third-order valence-electron chi connectivity index (χ3n) is 12.9. The highest BCUT2D eigenvalue weighted by Crippen LogP contribution is 2.66. The van der Waals surface area contributed by atoms with Gasteiger partial charge in [-0.05, 0) is 85.9 Å². The van der Waals surface area contributed by atoms with Gasteiger partial charge in [-0.15, -0.1) is 11.3 Å². The van der Waals surface area contributed by atoms with Crippen LogP contribution in [0.15, 0.2) is 72.3 Å². The molecule has 9 rings (SSSR count). The highest BCUT2D eigenvalue weighted by Gasteiger charge is 2.68. The molecule has 13 heteroatoms. The van der Waals surface area contributed by atoms with E-state index in [-0.39, 0.29) is 41.9 Å². The molecule has 2 aromatic heterocycles. The van der Waals surface area contributed by atoms with E-state index < -0.39 is 46.8 Å². The lowest BCUT2D eigenvalue weighted by Gasteiger charge is -2.49. The molecule has 0 spiro atoms. The van der Waals surface area contributed by atoms with Gasteiger partial charge in [-0.3, -0.25) is 28.8 Å². The zero-order valence-corrected chi connectivity index (χ0v) is 33.9. The first-order valence-corrected chi connectivity index (χ1v) is 20.2. The minimum Gasteiger partial charge on any atom is -0.508 e. The smallest absolute Gasteiger partial charge is 0.242 e.